The molecule has 0 radical (unpaired) electrons. The van der Waals surface area contributed by atoms with E-state index in [4.69, 9.17) is 0 Å². The van der Waals surface area contributed by atoms with Gasteiger partial charge in [-0.1, -0.05) is 30.8 Å². The summed E-state index contributed by atoms with van der Waals surface area (Å²) < 4.78 is 3.50. The van der Waals surface area contributed by atoms with Crippen LogP contribution in [0.1, 0.15) is 6.92 Å². The van der Waals surface area contributed by atoms with Crippen LogP contribution in [-0.4, -0.2) is 25.5 Å². The van der Waals surface area contributed by atoms with Gasteiger partial charge in [0, 0.05) is 19.3 Å². The summed E-state index contributed by atoms with van der Waals surface area (Å²) in [5.74, 6) is 0.824. The van der Waals surface area contributed by atoms with E-state index in [1.54, 1.807) is 17.9 Å². The normalized spacial score (nSPS) is 10.6. The number of nitrogens with zero attached hydrogens (tertiary/aromatic N) is 5. The summed E-state index contributed by atoms with van der Waals surface area (Å²) >= 11 is 4.45. The third-order valence-electron chi connectivity index (χ3n) is 3.18. The van der Waals surface area contributed by atoms with E-state index < -0.39 is 0 Å². The van der Waals surface area contributed by atoms with E-state index in [1.165, 1.54) is 13.1 Å². The average molecular weight is 327 g/mol. The third-order valence-corrected chi connectivity index (χ3v) is 3.47. The number of carbonyl (C=O) groups excluding carboxylic acids is 1. The molecule has 7 nitrogen and oxygen atoms in total. The van der Waals surface area contributed by atoms with Gasteiger partial charge in [-0.05, 0) is 17.2 Å². The number of rotatable bonds is 3. The SMILES string of the molecule is CC(=O)Nc1nccnc1-c1n(-c2ccccc2)c(S)n[n+]1C. The maximum atomic E-state index is 11.4. The first-order valence-electron chi connectivity index (χ1n) is 6.90. The quantitative estimate of drug-likeness (QED) is 0.563. The molecule has 23 heavy (non-hydrogen) atoms. The number of hydrogen-bond donors (Lipinski definition) is 2. The first kappa shape index (κ1) is 15.2. The second-order valence-corrected chi connectivity index (χ2v) is 5.25. The predicted octanol–water partition coefficient (Wildman–Crippen LogP) is 1.40. The third kappa shape index (κ3) is 2.93. The molecule has 0 bridgehead atoms. The van der Waals surface area contributed by atoms with Crippen LogP contribution in [0.25, 0.3) is 17.2 Å². The number of anilines is 1. The predicted molar refractivity (Wildman–Crippen MR) is 87.3 cm³/mol. The number of nitrogens with one attached hydrogen (secondary N) is 1. The molecule has 0 fully saturated rings. The molecule has 3 aromatic rings. The van der Waals surface area contributed by atoms with Gasteiger partial charge in [0.05, 0.1) is 0 Å². The lowest BCUT2D eigenvalue weighted by molar-refractivity contribution is -0.720. The van der Waals surface area contributed by atoms with Crippen molar-refractivity contribution in [3.8, 4) is 17.2 Å². The van der Waals surface area contributed by atoms with Gasteiger partial charge in [0.1, 0.15) is 12.7 Å². The highest BCUT2D eigenvalue weighted by Crippen LogP contribution is 2.25. The molecule has 0 spiro atoms. The standard InChI is InChI=1S/C15H14N6OS/c1-10(22)18-13-12(16-8-9-17-13)14-20(2)19-15(23)21(14)11-6-4-3-5-7-11/h3-9H,1-2H3,(H,19,23)/p+1. The van der Waals surface area contributed by atoms with Gasteiger partial charge in [-0.15, -0.1) is 4.68 Å². The van der Waals surface area contributed by atoms with Gasteiger partial charge in [0.15, 0.2) is 11.5 Å². The van der Waals surface area contributed by atoms with Crippen molar-refractivity contribution < 1.29 is 9.48 Å². The van der Waals surface area contributed by atoms with Crippen LogP contribution in [0.5, 0.6) is 0 Å². The van der Waals surface area contributed by atoms with Crippen LogP contribution in [0.3, 0.4) is 0 Å². The Morgan fingerprint density at radius 1 is 1.22 bits per heavy atom. The van der Waals surface area contributed by atoms with E-state index >= 15 is 0 Å². The van der Waals surface area contributed by atoms with Gasteiger partial charge in [-0.3, -0.25) is 4.79 Å². The number of hydrogen-bond acceptors (Lipinski definition) is 5. The lowest BCUT2D eigenvalue weighted by atomic mass is 10.3. The van der Waals surface area contributed by atoms with Gasteiger partial charge in [0.2, 0.25) is 5.91 Å². The molecular weight excluding hydrogens is 312 g/mol. The molecule has 2 aromatic heterocycles. The zero-order valence-corrected chi connectivity index (χ0v) is 13.5. The number of aromatic nitrogens is 5. The summed E-state index contributed by atoms with van der Waals surface area (Å²) in [6.45, 7) is 1.43. The van der Waals surface area contributed by atoms with E-state index in [2.05, 4.69) is 33.0 Å². The number of carbonyl (C=O) groups is 1. The molecule has 1 aromatic carbocycles. The van der Waals surface area contributed by atoms with Crippen molar-refractivity contribution in [2.45, 2.75) is 12.1 Å². The average Bonchev–Trinajstić information content (AvgIpc) is 2.82. The molecule has 0 atom stereocenters. The topological polar surface area (TPSA) is 76.6 Å². The van der Waals surface area contributed by atoms with Crippen LogP contribution in [0.2, 0.25) is 0 Å². The number of thiol groups is 1. The van der Waals surface area contributed by atoms with E-state index in [0.717, 1.165) is 5.69 Å². The molecule has 3 rings (SSSR count). The van der Waals surface area contributed by atoms with Crippen molar-refractivity contribution in [1.82, 2.24) is 19.6 Å². The zero-order valence-electron chi connectivity index (χ0n) is 12.6. The molecule has 116 valence electrons. The van der Waals surface area contributed by atoms with Crippen molar-refractivity contribution in [2.24, 2.45) is 7.05 Å². The molecular formula is C15H15N6OS+. The Balaban J connectivity index is 2.24. The monoisotopic (exact) mass is 327 g/mol. The van der Waals surface area contributed by atoms with Crippen LogP contribution in [-0.2, 0) is 11.8 Å². The first-order chi connectivity index (χ1) is 11.1. The summed E-state index contributed by atoms with van der Waals surface area (Å²) in [7, 11) is 1.79. The van der Waals surface area contributed by atoms with Gasteiger partial charge in [-0.25, -0.2) is 9.97 Å². The molecule has 1 N–H and O–H groups in total. The largest absolute Gasteiger partial charge is 0.339 e. The lowest BCUT2D eigenvalue weighted by Crippen LogP contribution is -2.33. The molecule has 0 unspecified atom stereocenters. The summed E-state index contributed by atoms with van der Waals surface area (Å²) in [6.07, 6.45) is 3.10. The minimum absolute atomic E-state index is 0.216. The Hall–Kier alpha value is -2.74. The summed E-state index contributed by atoms with van der Waals surface area (Å²) in [5.41, 5.74) is 1.40. The van der Waals surface area contributed by atoms with Crippen LogP contribution in [0, 0.1) is 0 Å². The van der Waals surface area contributed by atoms with Crippen LogP contribution in [0.15, 0.2) is 47.9 Å². The molecule has 1 amide bonds. The van der Waals surface area contributed by atoms with Crippen molar-refractivity contribution in [3.63, 3.8) is 0 Å². The van der Waals surface area contributed by atoms with E-state index in [-0.39, 0.29) is 5.91 Å². The van der Waals surface area contributed by atoms with Crippen LogP contribution >= 0.6 is 12.6 Å². The second-order valence-electron chi connectivity index (χ2n) is 4.85. The van der Waals surface area contributed by atoms with Crippen molar-refractivity contribution in [3.05, 3.63) is 42.7 Å². The highest BCUT2D eigenvalue weighted by molar-refractivity contribution is 7.80. The van der Waals surface area contributed by atoms with Crippen LogP contribution < -0.4 is 10.00 Å². The minimum atomic E-state index is -0.216. The molecule has 0 saturated heterocycles. The van der Waals surface area contributed by atoms with Gasteiger partial charge in [-0.2, -0.15) is 4.57 Å². The zero-order chi connectivity index (χ0) is 16.4. The van der Waals surface area contributed by atoms with E-state index in [1.807, 2.05) is 34.9 Å². The summed E-state index contributed by atoms with van der Waals surface area (Å²) in [5, 5.41) is 7.55. The minimum Gasteiger partial charge on any atom is -0.309 e. The molecule has 0 saturated carbocycles. The molecule has 8 heteroatoms. The molecule has 0 aliphatic carbocycles. The Morgan fingerprint density at radius 2 is 1.91 bits per heavy atom. The highest BCUT2D eigenvalue weighted by atomic mass is 32.1. The lowest BCUT2D eigenvalue weighted by Gasteiger charge is -2.06. The first-order valence-corrected chi connectivity index (χ1v) is 7.35. The molecule has 0 aliphatic rings. The Bertz CT molecular complexity index is 862. The Labute approximate surface area is 138 Å². The molecule has 0 aliphatic heterocycles. The number of para-hydroxylation sites is 1. The molecule has 2 heterocycles. The fourth-order valence-electron chi connectivity index (χ4n) is 2.30. The van der Waals surface area contributed by atoms with Gasteiger partial charge in [0.25, 0.3) is 5.16 Å². The number of aryl methyl sites for hydroxylation is 1. The highest BCUT2D eigenvalue weighted by Gasteiger charge is 2.29. The van der Waals surface area contributed by atoms with Gasteiger partial charge < -0.3 is 5.32 Å². The van der Waals surface area contributed by atoms with E-state index in [9.17, 15) is 4.79 Å². The van der Waals surface area contributed by atoms with Crippen molar-refractivity contribution >= 4 is 24.4 Å². The fourth-order valence-corrected chi connectivity index (χ4v) is 2.64. The van der Waals surface area contributed by atoms with Crippen LogP contribution in [0.4, 0.5) is 5.82 Å². The maximum absolute atomic E-state index is 11.4. The van der Waals surface area contributed by atoms with E-state index in [0.29, 0.717) is 22.5 Å². The Morgan fingerprint density at radius 3 is 2.61 bits per heavy atom. The second kappa shape index (κ2) is 6.17. The summed E-state index contributed by atoms with van der Waals surface area (Å²) in [6, 6.07) is 9.68. The number of amides is 1. The fraction of sp³-hybridized carbons (Fsp3) is 0.133. The van der Waals surface area contributed by atoms with Crippen molar-refractivity contribution in [1.29, 1.82) is 0 Å². The van der Waals surface area contributed by atoms with Gasteiger partial charge >= 0.3 is 5.82 Å². The summed E-state index contributed by atoms with van der Waals surface area (Å²) in [4.78, 5) is 20.0. The number of benzene rings is 1. The maximum Gasteiger partial charge on any atom is 0.339 e. The Kier molecular flexibility index (Phi) is 4.07. The van der Waals surface area contributed by atoms with Crippen molar-refractivity contribution in [2.75, 3.05) is 5.32 Å². The smallest absolute Gasteiger partial charge is 0.309 e.